The Morgan fingerprint density at radius 2 is 1.29 bits per heavy atom. The number of hydrogen-bond acceptors (Lipinski definition) is 0. The summed E-state index contributed by atoms with van der Waals surface area (Å²) >= 11 is 18.6. The van der Waals surface area contributed by atoms with Crippen molar-refractivity contribution in [2.75, 3.05) is 0 Å². The fraction of sp³-hybridized carbons (Fsp3) is 0.143. The fourth-order valence-electron chi connectivity index (χ4n) is 1.62. The van der Waals surface area contributed by atoms with Crippen molar-refractivity contribution in [3.05, 3.63) is 71.3 Å². The van der Waals surface area contributed by atoms with Crippen LogP contribution >= 0.6 is 34.8 Å². The van der Waals surface area contributed by atoms with E-state index in [0.29, 0.717) is 5.88 Å². The highest BCUT2D eigenvalue weighted by Gasteiger charge is 2.28. The Labute approximate surface area is 116 Å². The van der Waals surface area contributed by atoms with Gasteiger partial charge in [0.15, 0.2) is 4.33 Å². The number of benzene rings is 2. The molecule has 2 aromatic carbocycles. The first-order chi connectivity index (χ1) is 8.14. The molecule has 0 aromatic heterocycles. The van der Waals surface area contributed by atoms with Crippen molar-refractivity contribution in [1.82, 2.24) is 0 Å². The molecule has 0 aliphatic rings. The highest BCUT2D eigenvalue weighted by Crippen LogP contribution is 2.40. The van der Waals surface area contributed by atoms with Crippen LogP contribution in [0.1, 0.15) is 16.7 Å². The van der Waals surface area contributed by atoms with Gasteiger partial charge in [-0.3, -0.25) is 0 Å². The molecule has 0 aliphatic heterocycles. The smallest absolute Gasteiger partial charge is 0.122 e. The van der Waals surface area contributed by atoms with Gasteiger partial charge in [0.2, 0.25) is 0 Å². The lowest BCUT2D eigenvalue weighted by Crippen LogP contribution is -2.11. The average molecular weight is 286 g/mol. The van der Waals surface area contributed by atoms with E-state index in [-0.39, 0.29) is 0 Å². The predicted octanol–water partition coefficient (Wildman–Crippen LogP) is 5.10. The molecule has 0 heterocycles. The lowest BCUT2D eigenvalue weighted by Gasteiger charge is -2.20. The van der Waals surface area contributed by atoms with Crippen LogP contribution in [0.25, 0.3) is 0 Å². The first-order valence-corrected chi connectivity index (χ1v) is 6.52. The van der Waals surface area contributed by atoms with E-state index in [1.54, 1.807) is 0 Å². The molecule has 2 aromatic rings. The second-order valence-corrected chi connectivity index (χ2v) is 5.37. The van der Waals surface area contributed by atoms with Crippen LogP contribution in [0.5, 0.6) is 0 Å². The normalized spacial score (nSPS) is 11.5. The zero-order valence-corrected chi connectivity index (χ0v) is 11.3. The molecule has 0 nitrogen and oxygen atoms in total. The van der Waals surface area contributed by atoms with Crippen LogP contribution in [-0.4, -0.2) is 0 Å². The summed E-state index contributed by atoms with van der Waals surface area (Å²) in [6.45, 7) is 0. The molecular weight excluding hydrogens is 275 g/mol. The van der Waals surface area contributed by atoms with E-state index in [4.69, 9.17) is 34.8 Å². The Balaban J connectivity index is 2.37. The van der Waals surface area contributed by atoms with E-state index >= 15 is 0 Å². The van der Waals surface area contributed by atoms with E-state index in [1.165, 1.54) is 0 Å². The number of halogens is 3. The van der Waals surface area contributed by atoms with E-state index < -0.39 is 4.33 Å². The maximum absolute atomic E-state index is 6.41. The Hall–Kier alpha value is -0.690. The molecule has 0 saturated carbocycles. The largest absolute Gasteiger partial charge is 0.168 e. The van der Waals surface area contributed by atoms with Gasteiger partial charge < -0.3 is 0 Å². The van der Waals surface area contributed by atoms with E-state index in [0.717, 1.165) is 16.7 Å². The van der Waals surface area contributed by atoms with Gasteiger partial charge in [0, 0.05) is 5.88 Å². The van der Waals surface area contributed by atoms with Crippen LogP contribution < -0.4 is 0 Å². The molecule has 0 bridgehead atoms. The molecule has 0 N–H and O–H groups in total. The maximum atomic E-state index is 6.41. The quantitative estimate of drug-likeness (QED) is 0.688. The monoisotopic (exact) mass is 284 g/mol. The average Bonchev–Trinajstić information content (AvgIpc) is 2.40. The summed E-state index contributed by atoms with van der Waals surface area (Å²) in [5, 5.41) is 0. The lowest BCUT2D eigenvalue weighted by molar-refractivity contribution is 1.04. The molecular formula is C14H11Cl3. The van der Waals surface area contributed by atoms with Crippen LogP contribution in [0.2, 0.25) is 0 Å². The van der Waals surface area contributed by atoms with Gasteiger partial charge in [-0.25, -0.2) is 0 Å². The van der Waals surface area contributed by atoms with Crippen molar-refractivity contribution in [3.63, 3.8) is 0 Å². The molecule has 0 radical (unpaired) electrons. The molecule has 17 heavy (non-hydrogen) atoms. The molecule has 2 rings (SSSR count). The van der Waals surface area contributed by atoms with Crippen LogP contribution in [0.15, 0.2) is 54.6 Å². The zero-order chi connectivity index (χ0) is 12.3. The van der Waals surface area contributed by atoms with E-state index in [9.17, 15) is 0 Å². The maximum Gasteiger partial charge on any atom is 0.168 e. The minimum atomic E-state index is -1.02. The Morgan fingerprint density at radius 1 is 0.765 bits per heavy atom. The van der Waals surface area contributed by atoms with Crippen LogP contribution in [0.3, 0.4) is 0 Å². The summed E-state index contributed by atoms with van der Waals surface area (Å²) in [5.74, 6) is 0.489. The van der Waals surface area contributed by atoms with Crippen molar-refractivity contribution >= 4 is 34.8 Å². The fourth-order valence-corrected chi connectivity index (χ4v) is 2.30. The molecule has 0 saturated heterocycles. The van der Waals surface area contributed by atoms with Gasteiger partial charge in [0.05, 0.1) is 0 Å². The summed E-state index contributed by atoms with van der Waals surface area (Å²) in [6, 6.07) is 17.3. The lowest BCUT2D eigenvalue weighted by atomic mass is 10.0. The summed E-state index contributed by atoms with van der Waals surface area (Å²) in [6.07, 6.45) is 0. The minimum Gasteiger partial charge on any atom is -0.122 e. The Kier molecular flexibility index (Phi) is 3.98. The van der Waals surface area contributed by atoms with Gasteiger partial charge in [-0.15, -0.1) is 11.6 Å². The summed E-state index contributed by atoms with van der Waals surface area (Å²) in [5.41, 5.74) is 2.76. The predicted molar refractivity (Wildman–Crippen MR) is 74.9 cm³/mol. The molecule has 3 heteroatoms. The molecule has 0 fully saturated rings. The molecule has 88 valence electrons. The third-order valence-electron chi connectivity index (χ3n) is 2.61. The summed E-state index contributed by atoms with van der Waals surface area (Å²) in [4.78, 5) is 0. The SMILES string of the molecule is ClCc1ccc(C(Cl)(Cl)c2ccccc2)cc1. The van der Waals surface area contributed by atoms with Crippen molar-refractivity contribution in [1.29, 1.82) is 0 Å². The summed E-state index contributed by atoms with van der Waals surface area (Å²) in [7, 11) is 0. The second kappa shape index (κ2) is 5.30. The zero-order valence-electron chi connectivity index (χ0n) is 9.04. The van der Waals surface area contributed by atoms with Gasteiger partial charge in [0.1, 0.15) is 0 Å². The summed E-state index contributed by atoms with van der Waals surface area (Å²) < 4.78 is -1.02. The minimum absolute atomic E-state index is 0.489. The molecule has 0 atom stereocenters. The number of alkyl halides is 3. The highest BCUT2D eigenvalue weighted by molar-refractivity contribution is 6.50. The molecule has 0 unspecified atom stereocenters. The van der Waals surface area contributed by atoms with Crippen molar-refractivity contribution in [2.45, 2.75) is 10.2 Å². The topological polar surface area (TPSA) is 0 Å². The Bertz CT molecular complexity index is 475. The van der Waals surface area contributed by atoms with Crippen molar-refractivity contribution in [2.24, 2.45) is 0 Å². The van der Waals surface area contributed by atoms with E-state index in [2.05, 4.69) is 0 Å². The molecule has 0 amide bonds. The van der Waals surface area contributed by atoms with Crippen LogP contribution in [-0.2, 0) is 10.2 Å². The van der Waals surface area contributed by atoms with Gasteiger partial charge in [-0.1, -0.05) is 77.8 Å². The van der Waals surface area contributed by atoms with Crippen LogP contribution in [0, 0.1) is 0 Å². The highest BCUT2D eigenvalue weighted by atomic mass is 35.5. The molecule has 0 spiro atoms. The van der Waals surface area contributed by atoms with Gasteiger partial charge in [-0.2, -0.15) is 0 Å². The first kappa shape index (κ1) is 12.8. The third kappa shape index (κ3) is 2.77. The standard InChI is InChI=1S/C14H11Cl3/c15-10-11-6-8-13(9-7-11)14(16,17)12-4-2-1-3-5-12/h1-9H,10H2. The van der Waals surface area contributed by atoms with Gasteiger partial charge >= 0.3 is 0 Å². The van der Waals surface area contributed by atoms with Gasteiger partial charge in [-0.05, 0) is 16.7 Å². The first-order valence-electron chi connectivity index (χ1n) is 5.23. The third-order valence-corrected chi connectivity index (χ3v) is 3.79. The van der Waals surface area contributed by atoms with Crippen molar-refractivity contribution < 1.29 is 0 Å². The Morgan fingerprint density at radius 3 is 1.82 bits per heavy atom. The molecule has 0 aliphatic carbocycles. The second-order valence-electron chi connectivity index (χ2n) is 3.77. The van der Waals surface area contributed by atoms with Crippen LogP contribution in [0.4, 0.5) is 0 Å². The number of hydrogen-bond donors (Lipinski definition) is 0. The number of rotatable bonds is 3. The van der Waals surface area contributed by atoms with Gasteiger partial charge in [0.25, 0.3) is 0 Å². The van der Waals surface area contributed by atoms with Crippen molar-refractivity contribution in [3.8, 4) is 0 Å². The van der Waals surface area contributed by atoms with E-state index in [1.807, 2.05) is 54.6 Å².